The fourth-order valence-electron chi connectivity index (χ4n) is 1.01. The van der Waals surface area contributed by atoms with Crippen LogP contribution in [-0.2, 0) is 0 Å². The molecule has 66 valence electrons. The summed E-state index contributed by atoms with van der Waals surface area (Å²) in [5.74, 6) is -0.162. The molecule has 2 N–H and O–H groups in total. The van der Waals surface area contributed by atoms with E-state index in [2.05, 4.69) is 15.0 Å². The third kappa shape index (κ3) is 1.23. The molecule has 0 spiro atoms. The zero-order chi connectivity index (χ0) is 9.42. The van der Waals surface area contributed by atoms with Gasteiger partial charge in [0, 0.05) is 6.20 Å². The van der Waals surface area contributed by atoms with Gasteiger partial charge in [0.25, 0.3) is 0 Å². The summed E-state index contributed by atoms with van der Waals surface area (Å²) in [6, 6.07) is 0. The molecule has 0 aliphatic heterocycles. The summed E-state index contributed by atoms with van der Waals surface area (Å²) in [6.45, 7) is 0. The summed E-state index contributed by atoms with van der Waals surface area (Å²) in [4.78, 5) is 20.4. The van der Waals surface area contributed by atoms with Gasteiger partial charge in [-0.2, -0.15) is 4.98 Å². The van der Waals surface area contributed by atoms with Crippen LogP contribution >= 0.6 is 11.6 Å². The van der Waals surface area contributed by atoms with Crippen LogP contribution in [-0.4, -0.2) is 20.1 Å². The Morgan fingerprint density at radius 2 is 2.23 bits per heavy atom. The second kappa shape index (κ2) is 2.70. The van der Waals surface area contributed by atoms with Gasteiger partial charge in [0.15, 0.2) is 5.75 Å². The number of H-pyrrole nitrogens is 1. The fourth-order valence-corrected chi connectivity index (χ4v) is 1.23. The van der Waals surface area contributed by atoms with Crippen molar-refractivity contribution in [2.24, 2.45) is 0 Å². The normalized spacial score (nSPS) is 10.5. The second-order valence-electron chi connectivity index (χ2n) is 2.41. The number of hydrogen-bond donors (Lipinski definition) is 2. The number of pyridine rings is 1. The molecule has 0 atom stereocenters. The third-order valence-electron chi connectivity index (χ3n) is 1.56. The molecule has 0 aromatic carbocycles. The summed E-state index contributed by atoms with van der Waals surface area (Å²) < 4.78 is 0. The Labute approximate surface area is 77.0 Å². The van der Waals surface area contributed by atoms with Crippen molar-refractivity contribution in [3.8, 4) is 5.75 Å². The molecule has 0 fully saturated rings. The second-order valence-corrected chi connectivity index (χ2v) is 2.79. The topological polar surface area (TPSA) is 78.9 Å². The maximum atomic E-state index is 10.9. The van der Waals surface area contributed by atoms with Gasteiger partial charge >= 0.3 is 5.69 Å². The van der Waals surface area contributed by atoms with Crippen LogP contribution in [0.3, 0.4) is 0 Å². The van der Waals surface area contributed by atoms with Crippen molar-refractivity contribution in [2.45, 2.75) is 0 Å². The van der Waals surface area contributed by atoms with Crippen molar-refractivity contribution in [2.75, 3.05) is 0 Å². The van der Waals surface area contributed by atoms with Crippen LogP contribution in [0.15, 0.2) is 17.2 Å². The zero-order valence-corrected chi connectivity index (χ0v) is 7.04. The van der Waals surface area contributed by atoms with Crippen LogP contribution in [0.1, 0.15) is 0 Å². The van der Waals surface area contributed by atoms with Crippen molar-refractivity contribution in [3.05, 3.63) is 28.0 Å². The largest absolute Gasteiger partial charge is 0.504 e. The summed E-state index contributed by atoms with van der Waals surface area (Å²) in [5, 5.41) is 9.83. The lowest BCUT2D eigenvalue weighted by Gasteiger charge is -1.98. The van der Waals surface area contributed by atoms with Crippen molar-refractivity contribution in [1.29, 1.82) is 0 Å². The average molecular weight is 198 g/mol. The highest BCUT2D eigenvalue weighted by molar-refractivity contribution is 6.34. The van der Waals surface area contributed by atoms with Crippen LogP contribution in [0, 0.1) is 0 Å². The van der Waals surface area contributed by atoms with Gasteiger partial charge in [0.2, 0.25) is 0 Å². The van der Waals surface area contributed by atoms with Gasteiger partial charge < -0.3 is 5.11 Å². The lowest BCUT2D eigenvalue weighted by molar-refractivity contribution is 0.477. The van der Waals surface area contributed by atoms with Gasteiger partial charge in [-0.25, -0.2) is 4.79 Å². The zero-order valence-electron chi connectivity index (χ0n) is 6.28. The molecule has 2 aromatic rings. The Morgan fingerprint density at radius 1 is 1.46 bits per heavy atom. The van der Waals surface area contributed by atoms with Crippen molar-refractivity contribution in [1.82, 2.24) is 15.0 Å². The Bertz CT molecular complexity index is 523. The molecule has 6 heteroatoms. The number of nitrogens with one attached hydrogen (secondary N) is 1. The monoisotopic (exact) mass is 197 g/mol. The number of aromatic nitrogens is 3. The SMILES string of the molecule is O=c1nc2c(O)cncc2c(Cl)[nH]1. The number of fused-ring (bicyclic) bond motifs is 1. The van der Waals surface area contributed by atoms with E-state index in [0.717, 1.165) is 0 Å². The minimum Gasteiger partial charge on any atom is -0.504 e. The molecular weight excluding hydrogens is 194 g/mol. The van der Waals surface area contributed by atoms with Crippen LogP contribution in [0.2, 0.25) is 5.15 Å². The van der Waals surface area contributed by atoms with E-state index in [9.17, 15) is 9.90 Å². The molecule has 0 amide bonds. The van der Waals surface area contributed by atoms with Crippen LogP contribution in [0.4, 0.5) is 0 Å². The highest BCUT2D eigenvalue weighted by atomic mass is 35.5. The van der Waals surface area contributed by atoms with E-state index >= 15 is 0 Å². The Morgan fingerprint density at radius 3 is 3.00 bits per heavy atom. The predicted octanol–water partition coefficient (Wildman–Crippen LogP) is 0.677. The number of aromatic amines is 1. The summed E-state index contributed by atoms with van der Waals surface area (Å²) in [7, 11) is 0. The Hall–Kier alpha value is -1.62. The van der Waals surface area contributed by atoms with E-state index < -0.39 is 5.69 Å². The highest BCUT2D eigenvalue weighted by Crippen LogP contribution is 2.23. The first-order valence-corrected chi connectivity index (χ1v) is 3.79. The van der Waals surface area contributed by atoms with E-state index in [-0.39, 0.29) is 16.4 Å². The molecule has 2 heterocycles. The molecule has 0 radical (unpaired) electrons. The predicted molar refractivity (Wildman–Crippen MR) is 46.8 cm³/mol. The van der Waals surface area contributed by atoms with E-state index in [1.807, 2.05) is 0 Å². The molecule has 0 saturated heterocycles. The molecule has 0 unspecified atom stereocenters. The van der Waals surface area contributed by atoms with Crippen molar-refractivity contribution < 1.29 is 5.11 Å². The first-order valence-electron chi connectivity index (χ1n) is 3.41. The molecule has 2 aromatic heterocycles. The van der Waals surface area contributed by atoms with Crippen LogP contribution in [0.5, 0.6) is 5.75 Å². The van der Waals surface area contributed by atoms with Crippen LogP contribution in [0.25, 0.3) is 10.9 Å². The molecular formula is C7H4ClN3O2. The summed E-state index contributed by atoms with van der Waals surface area (Å²) in [5.41, 5.74) is -0.442. The number of hydrogen-bond acceptors (Lipinski definition) is 4. The van der Waals surface area contributed by atoms with E-state index in [0.29, 0.717) is 5.39 Å². The van der Waals surface area contributed by atoms with Gasteiger partial charge in [-0.3, -0.25) is 9.97 Å². The maximum Gasteiger partial charge on any atom is 0.346 e. The van der Waals surface area contributed by atoms with Gasteiger partial charge in [0.1, 0.15) is 10.7 Å². The standard InChI is InChI=1S/C7H4ClN3O2/c8-6-3-1-9-2-4(12)5(3)10-7(13)11-6/h1-2,12H,(H,10,11,13). The quantitative estimate of drug-likeness (QED) is 0.609. The molecule has 0 bridgehead atoms. The number of rotatable bonds is 0. The van der Waals surface area contributed by atoms with Gasteiger partial charge in [-0.15, -0.1) is 0 Å². The number of aromatic hydroxyl groups is 1. The van der Waals surface area contributed by atoms with Crippen molar-refractivity contribution >= 4 is 22.5 Å². The van der Waals surface area contributed by atoms with Crippen molar-refractivity contribution in [3.63, 3.8) is 0 Å². The van der Waals surface area contributed by atoms with Gasteiger partial charge in [0.05, 0.1) is 11.6 Å². The molecule has 0 saturated carbocycles. The summed E-state index contributed by atoms with van der Waals surface area (Å²) in [6.07, 6.45) is 2.62. The molecule has 0 aliphatic carbocycles. The first-order chi connectivity index (χ1) is 6.18. The van der Waals surface area contributed by atoms with E-state index in [1.165, 1.54) is 12.4 Å². The minimum absolute atomic E-state index is 0.124. The van der Waals surface area contributed by atoms with Gasteiger partial charge in [-0.1, -0.05) is 11.6 Å². The van der Waals surface area contributed by atoms with E-state index in [1.54, 1.807) is 0 Å². The molecule has 2 rings (SSSR count). The van der Waals surface area contributed by atoms with Crippen LogP contribution < -0.4 is 5.69 Å². The number of nitrogens with zero attached hydrogens (tertiary/aromatic N) is 2. The molecule has 13 heavy (non-hydrogen) atoms. The van der Waals surface area contributed by atoms with E-state index in [4.69, 9.17) is 11.6 Å². The molecule has 5 nitrogen and oxygen atoms in total. The average Bonchev–Trinajstić information content (AvgIpc) is 2.07. The van der Waals surface area contributed by atoms with Gasteiger partial charge in [-0.05, 0) is 0 Å². The first kappa shape index (κ1) is 8.00. The third-order valence-corrected chi connectivity index (χ3v) is 1.86. The molecule has 0 aliphatic rings. The number of halogens is 1. The maximum absolute atomic E-state index is 10.9. The summed E-state index contributed by atoms with van der Waals surface area (Å²) >= 11 is 5.69. The minimum atomic E-state index is -0.598. The Kier molecular flexibility index (Phi) is 1.66. The smallest absolute Gasteiger partial charge is 0.346 e. The Balaban J connectivity index is 3.03. The lowest BCUT2D eigenvalue weighted by atomic mass is 10.3. The fraction of sp³-hybridized carbons (Fsp3) is 0. The highest BCUT2D eigenvalue weighted by Gasteiger charge is 2.06. The lowest BCUT2D eigenvalue weighted by Crippen LogP contribution is -2.09.